The van der Waals surface area contributed by atoms with Crippen molar-refractivity contribution in [3.8, 4) is 28.3 Å². The summed E-state index contributed by atoms with van der Waals surface area (Å²) >= 11 is 0. The van der Waals surface area contributed by atoms with Crippen molar-refractivity contribution in [3.63, 3.8) is 0 Å². The van der Waals surface area contributed by atoms with Gasteiger partial charge in [0.1, 0.15) is 17.1 Å². The first-order valence-electron chi connectivity index (χ1n) is 15.2. The minimum Gasteiger partial charge on any atom is -0.500 e. The molecule has 0 saturated heterocycles. The molecule has 6 aromatic rings. The SMILES string of the molecule is C=CC1=CCc2cc(-c3cc(CC)ccn3)ccc2O1.CC(C)(C)c1ccnc(-c2[c-]cc3oc4ccccc4c(=O)c3c2)c1.[Pt]. The molecule has 0 fully saturated rings. The number of aryl methyl sites for hydroxylation is 1. The fourth-order valence-corrected chi connectivity index (χ4v) is 5.29. The maximum Gasteiger partial charge on any atom is 0.182 e. The Hall–Kier alpha value is -4.60. The van der Waals surface area contributed by atoms with Crippen LogP contribution in [-0.4, -0.2) is 9.97 Å². The predicted molar refractivity (Wildman–Crippen MR) is 182 cm³/mol. The Kier molecular flexibility index (Phi) is 9.84. The van der Waals surface area contributed by atoms with Crippen LogP contribution < -0.4 is 10.2 Å². The topological polar surface area (TPSA) is 65.2 Å². The van der Waals surface area contributed by atoms with Gasteiger partial charge in [-0.3, -0.25) is 9.78 Å². The zero-order valence-corrected chi connectivity index (χ0v) is 28.6. The van der Waals surface area contributed by atoms with Gasteiger partial charge in [0.25, 0.3) is 0 Å². The summed E-state index contributed by atoms with van der Waals surface area (Å²) < 4.78 is 11.6. The van der Waals surface area contributed by atoms with Gasteiger partial charge < -0.3 is 14.1 Å². The van der Waals surface area contributed by atoms with Gasteiger partial charge in [-0.05, 0) is 107 Å². The van der Waals surface area contributed by atoms with Crippen molar-refractivity contribution in [1.82, 2.24) is 9.97 Å². The number of hydrogen-bond acceptors (Lipinski definition) is 5. The normalized spacial score (nSPS) is 12.2. The van der Waals surface area contributed by atoms with Gasteiger partial charge in [0.05, 0.1) is 16.7 Å². The van der Waals surface area contributed by atoms with Crippen LogP contribution in [0.15, 0.2) is 125 Å². The van der Waals surface area contributed by atoms with Gasteiger partial charge in [-0.25, -0.2) is 0 Å². The number of hydrogen-bond donors (Lipinski definition) is 0. The molecular weight excluding hydrogens is 752 g/mol. The molecule has 0 saturated carbocycles. The van der Waals surface area contributed by atoms with Crippen molar-refractivity contribution in [2.24, 2.45) is 0 Å². The molecule has 6 heteroatoms. The third-order valence-corrected chi connectivity index (χ3v) is 7.95. The van der Waals surface area contributed by atoms with Gasteiger partial charge in [-0.1, -0.05) is 52.5 Å². The van der Waals surface area contributed by atoms with Crippen molar-refractivity contribution in [3.05, 3.63) is 149 Å². The number of ether oxygens (including phenoxy) is 1. The molecule has 0 spiro atoms. The van der Waals surface area contributed by atoms with Crippen LogP contribution in [0.5, 0.6) is 5.75 Å². The summed E-state index contributed by atoms with van der Waals surface area (Å²) in [5.74, 6) is 1.74. The molecule has 0 aliphatic carbocycles. The van der Waals surface area contributed by atoms with E-state index in [0.717, 1.165) is 46.9 Å². The molecule has 0 unspecified atom stereocenters. The van der Waals surface area contributed by atoms with Crippen LogP contribution in [0, 0.1) is 6.07 Å². The average molecular weight is 787 g/mol. The number of nitrogens with zero attached hydrogens (tertiary/aromatic N) is 2. The smallest absolute Gasteiger partial charge is 0.182 e. The summed E-state index contributed by atoms with van der Waals surface area (Å²) in [4.78, 5) is 21.7. The van der Waals surface area contributed by atoms with Gasteiger partial charge in [0.2, 0.25) is 0 Å². The molecule has 3 aromatic carbocycles. The maximum atomic E-state index is 12.8. The molecule has 0 amide bonds. The largest absolute Gasteiger partial charge is 0.500 e. The molecule has 1 aliphatic heterocycles. The monoisotopic (exact) mass is 786 g/mol. The van der Waals surface area contributed by atoms with Crippen molar-refractivity contribution in [2.75, 3.05) is 0 Å². The Morgan fingerprint density at radius 1 is 0.913 bits per heavy atom. The predicted octanol–water partition coefficient (Wildman–Crippen LogP) is 9.42. The van der Waals surface area contributed by atoms with Crippen molar-refractivity contribution < 1.29 is 30.2 Å². The standard InChI is InChI=1S/C22H18NO2.C18H17NO.Pt/c1-22(2,3)15-10-11-23-18(13-15)14-8-9-20-17(12-14)21(24)16-6-4-5-7-19(16)25-20;1-3-13-9-10-19-17(11-13)14-6-8-18-15(12-14)5-7-16(4-2)20-18;/h4-7,9-13H,1-3H3;4,6-12H,2-3,5H2,1H3;/q-1;;. The summed E-state index contributed by atoms with van der Waals surface area (Å²) in [7, 11) is 0. The van der Waals surface area contributed by atoms with Crippen LogP contribution in [0.3, 0.4) is 0 Å². The van der Waals surface area contributed by atoms with E-state index in [9.17, 15) is 4.79 Å². The molecule has 1 aliphatic rings. The molecular formula is C40H35N2O3Pt-. The first kappa shape index (κ1) is 32.8. The fourth-order valence-electron chi connectivity index (χ4n) is 5.29. The van der Waals surface area contributed by atoms with Crippen LogP contribution in [0.1, 0.15) is 44.4 Å². The summed E-state index contributed by atoms with van der Waals surface area (Å²) in [5.41, 5.74) is 8.58. The number of benzene rings is 3. The minimum absolute atomic E-state index is 0. The van der Waals surface area contributed by atoms with E-state index in [2.05, 4.69) is 86.7 Å². The van der Waals surface area contributed by atoms with Crippen LogP contribution in [-0.2, 0) is 39.3 Å². The molecule has 0 bridgehead atoms. The number of fused-ring (bicyclic) bond motifs is 3. The molecule has 0 N–H and O–H groups in total. The number of pyridine rings is 2. The minimum atomic E-state index is -0.0286. The van der Waals surface area contributed by atoms with E-state index in [1.165, 1.54) is 16.7 Å². The Bertz CT molecular complexity index is 2140. The zero-order chi connectivity index (χ0) is 31.6. The van der Waals surface area contributed by atoms with Gasteiger partial charge in [0, 0.05) is 39.0 Å². The molecule has 0 atom stereocenters. The second-order valence-electron chi connectivity index (χ2n) is 12.1. The number of allylic oxidation sites excluding steroid dienone is 2. The van der Waals surface area contributed by atoms with E-state index in [1.807, 2.05) is 36.5 Å². The van der Waals surface area contributed by atoms with E-state index in [4.69, 9.17) is 9.15 Å². The van der Waals surface area contributed by atoms with E-state index >= 15 is 0 Å². The summed E-state index contributed by atoms with van der Waals surface area (Å²) in [6, 6.07) is 28.6. The second-order valence-corrected chi connectivity index (χ2v) is 12.1. The van der Waals surface area contributed by atoms with E-state index < -0.39 is 0 Å². The van der Waals surface area contributed by atoms with Gasteiger partial charge in [-0.15, -0.1) is 23.8 Å². The van der Waals surface area contributed by atoms with E-state index in [1.54, 1.807) is 30.5 Å². The number of aromatic nitrogens is 2. The second kappa shape index (κ2) is 13.8. The number of rotatable bonds is 4. The Morgan fingerprint density at radius 3 is 2.48 bits per heavy atom. The van der Waals surface area contributed by atoms with Gasteiger partial charge >= 0.3 is 0 Å². The molecule has 7 rings (SSSR count). The van der Waals surface area contributed by atoms with Gasteiger partial charge in [-0.2, -0.15) is 0 Å². The Balaban J connectivity index is 0.000000182. The molecule has 4 heterocycles. The van der Waals surface area contributed by atoms with Crippen LogP contribution in [0.4, 0.5) is 0 Å². The van der Waals surface area contributed by atoms with E-state index in [0.29, 0.717) is 21.9 Å². The number of para-hydroxylation sites is 1. The van der Waals surface area contributed by atoms with Crippen LogP contribution >= 0.6 is 0 Å². The summed E-state index contributed by atoms with van der Waals surface area (Å²) in [5, 5.41) is 1.14. The Labute approximate surface area is 284 Å². The van der Waals surface area contributed by atoms with Crippen molar-refractivity contribution in [2.45, 2.75) is 46.0 Å². The van der Waals surface area contributed by atoms with Gasteiger partial charge in [0.15, 0.2) is 5.43 Å². The van der Waals surface area contributed by atoms with Crippen molar-refractivity contribution >= 4 is 21.9 Å². The molecule has 5 nitrogen and oxygen atoms in total. The summed E-state index contributed by atoms with van der Waals surface area (Å²) in [6.07, 6.45) is 9.36. The van der Waals surface area contributed by atoms with E-state index in [-0.39, 0.29) is 31.9 Å². The van der Waals surface area contributed by atoms with Crippen LogP contribution in [0.2, 0.25) is 0 Å². The fraction of sp³-hybridized carbons (Fsp3) is 0.175. The summed E-state index contributed by atoms with van der Waals surface area (Å²) in [6.45, 7) is 12.4. The maximum absolute atomic E-state index is 12.8. The first-order chi connectivity index (χ1) is 21.7. The van der Waals surface area contributed by atoms with Crippen LogP contribution in [0.25, 0.3) is 44.5 Å². The Morgan fingerprint density at radius 2 is 1.70 bits per heavy atom. The average Bonchev–Trinajstić information content (AvgIpc) is 3.08. The third-order valence-electron chi connectivity index (χ3n) is 7.95. The van der Waals surface area contributed by atoms with Crippen molar-refractivity contribution in [1.29, 1.82) is 0 Å². The molecule has 234 valence electrons. The molecule has 46 heavy (non-hydrogen) atoms. The first-order valence-corrected chi connectivity index (χ1v) is 15.2. The zero-order valence-electron chi connectivity index (χ0n) is 26.4. The third kappa shape index (κ3) is 6.95. The molecule has 0 radical (unpaired) electrons. The molecule has 3 aromatic heterocycles. The quantitative estimate of drug-likeness (QED) is 0.132.